The summed E-state index contributed by atoms with van der Waals surface area (Å²) in [5.74, 6) is -2.10. The average molecular weight is 236 g/mol. The molecule has 1 aliphatic heterocycles. The van der Waals surface area contributed by atoms with Crippen molar-refractivity contribution in [2.24, 2.45) is 11.7 Å². The third-order valence-electron chi connectivity index (χ3n) is 2.67. The van der Waals surface area contributed by atoms with Crippen molar-refractivity contribution in [2.75, 3.05) is 6.61 Å². The summed E-state index contributed by atoms with van der Waals surface area (Å²) in [5, 5.41) is 37.6. The first-order valence-electron chi connectivity index (χ1n) is 5.38. The Morgan fingerprint density at radius 3 is 2.44 bits per heavy atom. The number of carbonyl (C=O) groups excluding carboxylic acids is 1. The zero-order chi connectivity index (χ0) is 13.4. The number of rotatable bonds is 3. The van der Waals surface area contributed by atoms with E-state index in [1.54, 1.807) is 0 Å². The van der Waals surface area contributed by atoms with Crippen LogP contribution >= 0.6 is 0 Å². The molecule has 1 rings (SSSR count). The van der Waals surface area contributed by atoms with Crippen molar-refractivity contribution in [1.82, 2.24) is 0 Å². The number of hydrogen-bond donors (Lipinski definition) is 5. The van der Waals surface area contributed by atoms with E-state index in [0.29, 0.717) is 0 Å². The maximum absolute atomic E-state index is 11.0. The Kier molecular flexibility index (Phi) is 3.72. The normalized spacial score (nSPS) is 47.2. The number of nitrogens with two attached hydrogens (primary N) is 1. The van der Waals surface area contributed by atoms with Crippen molar-refractivity contribution in [3.8, 4) is 0 Å². The summed E-state index contributed by atoms with van der Waals surface area (Å²) in [7, 11) is 0. The van der Waals surface area contributed by atoms with Crippen molar-refractivity contribution in [3.05, 3.63) is 0 Å². The number of amides is 1. The summed E-state index contributed by atoms with van der Waals surface area (Å²) in [6.45, 7) is 0.606. The molecule has 1 amide bonds. The molecule has 0 bridgehead atoms. The number of aliphatic hydroxyl groups is 4. The summed E-state index contributed by atoms with van der Waals surface area (Å²) in [4.78, 5) is 11.0. The number of primary amides is 1. The third kappa shape index (κ3) is 2.33. The predicted octanol–water partition coefficient (Wildman–Crippen LogP) is -3.05. The zero-order valence-electron chi connectivity index (χ0n) is 9.78. The van der Waals surface area contributed by atoms with Crippen LogP contribution in [0.1, 0.15) is 8.29 Å². The lowest BCUT2D eigenvalue weighted by molar-refractivity contribution is -0.238. The van der Waals surface area contributed by atoms with E-state index in [4.69, 9.17) is 16.9 Å². The molecule has 0 aromatic heterocycles. The Balaban J connectivity index is 3.02. The van der Waals surface area contributed by atoms with Gasteiger partial charge >= 0.3 is 0 Å². The highest BCUT2D eigenvalue weighted by atomic mass is 16.5. The molecule has 1 saturated heterocycles. The lowest BCUT2D eigenvalue weighted by Gasteiger charge is -2.41. The molecule has 0 saturated carbocycles. The van der Waals surface area contributed by atoms with Gasteiger partial charge in [0.05, 0.1) is 20.0 Å². The third-order valence-corrected chi connectivity index (χ3v) is 2.67. The van der Waals surface area contributed by atoms with E-state index in [9.17, 15) is 20.1 Å². The first kappa shape index (κ1) is 11.7. The van der Waals surface area contributed by atoms with Gasteiger partial charge in [-0.1, -0.05) is 6.92 Å². The Morgan fingerprint density at radius 2 is 2.00 bits per heavy atom. The van der Waals surface area contributed by atoms with Crippen LogP contribution in [0.2, 0.25) is 0 Å². The van der Waals surface area contributed by atoms with Crippen molar-refractivity contribution in [2.45, 2.75) is 37.4 Å². The molecule has 0 aliphatic carbocycles. The Bertz CT molecular complexity index is 301. The molecule has 1 aliphatic rings. The van der Waals surface area contributed by atoms with Crippen LogP contribution in [-0.2, 0) is 9.53 Å². The van der Waals surface area contributed by atoms with Gasteiger partial charge < -0.3 is 30.9 Å². The van der Waals surface area contributed by atoms with Gasteiger partial charge in [-0.25, -0.2) is 0 Å². The quantitative estimate of drug-likeness (QED) is 0.353. The molecule has 7 nitrogen and oxygen atoms in total. The summed E-state index contributed by atoms with van der Waals surface area (Å²) in [6.07, 6.45) is -8.48. The van der Waals surface area contributed by atoms with E-state index in [-0.39, 0.29) is 0 Å². The van der Waals surface area contributed by atoms with Crippen molar-refractivity contribution in [3.63, 3.8) is 0 Å². The fraction of sp³-hybridized carbons (Fsp3) is 0.889. The monoisotopic (exact) mass is 236 g/mol. The minimum Gasteiger partial charge on any atom is -0.394 e. The molecule has 0 aromatic carbocycles. The maximum atomic E-state index is 11.0. The summed E-state index contributed by atoms with van der Waals surface area (Å²) >= 11 is 0. The molecule has 1 fully saturated rings. The lowest BCUT2D eigenvalue weighted by Crippen LogP contribution is -2.61. The van der Waals surface area contributed by atoms with Crippen LogP contribution in [-0.4, -0.2) is 63.4 Å². The fourth-order valence-electron chi connectivity index (χ4n) is 1.53. The number of aliphatic hydroxyl groups excluding tert-OH is 4. The minimum atomic E-state index is -2.20. The van der Waals surface area contributed by atoms with Crippen LogP contribution in [0.3, 0.4) is 0 Å². The van der Waals surface area contributed by atoms with E-state index in [2.05, 4.69) is 0 Å². The highest BCUT2D eigenvalue weighted by Crippen LogP contribution is 2.25. The molecule has 16 heavy (non-hydrogen) atoms. The Hall–Kier alpha value is -0.730. The van der Waals surface area contributed by atoms with Gasteiger partial charge in [-0.2, -0.15) is 0 Å². The van der Waals surface area contributed by atoms with Crippen molar-refractivity contribution in [1.29, 1.82) is 0 Å². The molecule has 0 spiro atoms. The van der Waals surface area contributed by atoms with E-state index < -0.39 is 48.9 Å². The molecule has 0 aromatic rings. The molecule has 6 atom stereocenters. The van der Waals surface area contributed by atoms with Gasteiger partial charge in [0.15, 0.2) is 0 Å². The van der Waals surface area contributed by atoms with Gasteiger partial charge in [0.2, 0.25) is 5.91 Å². The van der Waals surface area contributed by atoms with E-state index >= 15 is 0 Å². The summed E-state index contributed by atoms with van der Waals surface area (Å²) < 4.78 is 12.9. The Labute approximate surface area is 93.8 Å². The van der Waals surface area contributed by atoms with Crippen molar-refractivity contribution >= 4 is 5.91 Å². The second-order valence-electron chi connectivity index (χ2n) is 3.79. The second kappa shape index (κ2) is 5.07. The average Bonchev–Trinajstić information content (AvgIpc) is 2.30. The van der Waals surface area contributed by atoms with Crippen LogP contribution in [0.4, 0.5) is 0 Å². The molecule has 6 N–H and O–H groups in total. The van der Waals surface area contributed by atoms with Gasteiger partial charge in [0, 0.05) is 0 Å². The SMILES string of the molecule is [2H][C@]1(C(C)C(N)=O)O[C@H](CO)[C@@H](O)[C@H](O)[C@@H]1O. The first-order valence-corrected chi connectivity index (χ1v) is 4.88. The number of hydrogen-bond acceptors (Lipinski definition) is 6. The minimum absolute atomic E-state index is 0.656. The van der Waals surface area contributed by atoms with Gasteiger partial charge in [0.25, 0.3) is 0 Å². The lowest BCUT2D eigenvalue weighted by atomic mass is 9.88. The summed E-state index contributed by atoms with van der Waals surface area (Å²) in [5.41, 5.74) is 5.02. The highest BCUT2D eigenvalue weighted by Gasteiger charge is 2.46. The topological polar surface area (TPSA) is 133 Å². The van der Waals surface area contributed by atoms with Gasteiger partial charge in [-0.05, 0) is 0 Å². The van der Waals surface area contributed by atoms with Crippen LogP contribution in [0.5, 0.6) is 0 Å². The smallest absolute Gasteiger partial charge is 0.222 e. The van der Waals surface area contributed by atoms with Crippen LogP contribution < -0.4 is 5.73 Å². The predicted molar refractivity (Wildman–Crippen MR) is 52.1 cm³/mol. The van der Waals surface area contributed by atoms with Crippen LogP contribution in [0, 0.1) is 5.92 Å². The molecule has 1 unspecified atom stereocenters. The van der Waals surface area contributed by atoms with E-state index in [1.807, 2.05) is 0 Å². The van der Waals surface area contributed by atoms with Crippen molar-refractivity contribution < 1.29 is 31.3 Å². The van der Waals surface area contributed by atoms with Gasteiger partial charge in [-0.15, -0.1) is 0 Å². The van der Waals surface area contributed by atoms with Gasteiger partial charge in [-0.3, -0.25) is 4.79 Å². The zero-order valence-corrected chi connectivity index (χ0v) is 8.78. The molecule has 94 valence electrons. The Morgan fingerprint density at radius 1 is 1.44 bits per heavy atom. The highest BCUT2D eigenvalue weighted by molar-refractivity contribution is 5.77. The standard InChI is InChI=1S/C9H17NO6/c1-3(9(10)15)8-7(14)6(13)5(12)4(2-11)16-8/h3-8,11-14H,2H2,1H3,(H2,10,15)/t3?,4-,5-,6+,7+,8-/m1/s1/i8D. The fourth-order valence-corrected chi connectivity index (χ4v) is 1.53. The summed E-state index contributed by atoms with van der Waals surface area (Å²) in [6, 6.07) is 0. The molecule has 1 heterocycles. The van der Waals surface area contributed by atoms with Gasteiger partial charge in [0.1, 0.15) is 24.4 Å². The molecular weight excluding hydrogens is 218 g/mol. The van der Waals surface area contributed by atoms with Crippen LogP contribution in [0.25, 0.3) is 0 Å². The molecule has 7 heteroatoms. The maximum Gasteiger partial charge on any atom is 0.222 e. The number of carbonyl (C=O) groups is 1. The molecular formula is C9H17NO6. The van der Waals surface area contributed by atoms with Crippen LogP contribution in [0.15, 0.2) is 0 Å². The number of ether oxygens (including phenoxy) is 1. The second-order valence-corrected chi connectivity index (χ2v) is 3.79. The first-order chi connectivity index (χ1) is 7.75. The largest absolute Gasteiger partial charge is 0.394 e. The van der Waals surface area contributed by atoms with E-state index in [1.165, 1.54) is 6.92 Å². The molecule has 0 radical (unpaired) electrons. The van der Waals surface area contributed by atoms with E-state index in [0.717, 1.165) is 0 Å².